The summed E-state index contributed by atoms with van der Waals surface area (Å²) in [6, 6.07) is 15.1. The van der Waals surface area contributed by atoms with Gasteiger partial charge in [-0.2, -0.15) is 0 Å². The van der Waals surface area contributed by atoms with E-state index in [4.69, 9.17) is 4.42 Å². The SMILES string of the molecule is CN=C(NCc1coc(-c2cccs2)n1)NCC(c1ccccc1)N1CCCC1. The Bertz CT molecular complexity index is 900. The molecule has 3 heterocycles. The minimum absolute atomic E-state index is 0.342. The standard InChI is InChI=1S/C22H27N5OS/c1-23-22(24-14-18-16-28-21(26-18)20-10-7-13-29-20)25-15-19(27-11-5-6-12-27)17-8-3-2-4-9-17/h2-4,7-10,13,16,19H,5-6,11-12,14-15H2,1H3,(H2,23,24,25). The molecular weight excluding hydrogens is 382 g/mol. The molecule has 7 heteroatoms. The quantitative estimate of drug-likeness (QED) is 0.458. The van der Waals surface area contributed by atoms with Gasteiger partial charge in [0.05, 0.1) is 23.2 Å². The number of likely N-dealkylation sites (tertiary alicyclic amines) is 1. The highest BCUT2D eigenvalue weighted by molar-refractivity contribution is 7.13. The summed E-state index contributed by atoms with van der Waals surface area (Å²) in [7, 11) is 1.79. The summed E-state index contributed by atoms with van der Waals surface area (Å²) in [5.74, 6) is 1.43. The Hall–Kier alpha value is -2.64. The summed E-state index contributed by atoms with van der Waals surface area (Å²) in [6.45, 7) is 3.67. The van der Waals surface area contributed by atoms with Crippen LogP contribution in [0.2, 0.25) is 0 Å². The molecule has 1 fully saturated rings. The van der Waals surface area contributed by atoms with E-state index in [9.17, 15) is 0 Å². The smallest absolute Gasteiger partial charge is 0.236 e. The van der Waals surface area contributed by atoms with E-state index in [0.717, 1.165) is 36.2 Å². The van der Waals surface area contributed by atoms with Gasteiger partial charge in [-0.25, -0.2) is 4.98 Å². The number of hydrogen-bond donors (Lipinski definition) is 2. The van der Waals surface area contributed by atoms with Crippen molar-refractivity contribution in [2.75, 3.05) is 26.7 Å². The monoisotopic (exact) mass is 409 g/mol. The van der Waals surface area contributed by atoms with Gasteiger partial charge in [0.15, 0.2) is 5.96 Å². The molecule has 4 rings (SSSR count). The number of hydrogen-bond acceptors (Lipinski definition) is 5. The van der Waals surface area contributed by atoms with Crippen LogP contribution < -0.4 is 10.6 Å². The Labute approximate surface area is 175 Å². The van der Waals surface area contributed by atoms with Crippen LogP contribution in [-0.4, -0.2) is 42.5 Å². The first-order valence-corrected chi connectivity index (χ1v) is 10.9. The van der Waals surface area contributed by atoms with Crippen LogP contribution in [-0.2, 0) is 6.54 Å². The van der Waals surface area contributed by atoms with Crippen molar-refractivity contribution in [1.29, 1.82) is 0 Å². The van der Waals surface area contributed by atoms with Gasteiger partial charge in [0.2, 0.25) is 5.89 Å². The minimum atomic E-state index is 0.342. The molecule has 0 bridgehead atoms. The molecule has 1 aromatic carbocycles. The highest BCUT2D eigenvalue weighted by Crippen LogP contribution is 2.25. The van der Waals surface area contributed by atoms with Crippen LogP contribution in [0.1, 0.15) is 30.1 Å². The molecule has 3 aromatic rings. The Morgan fingerprint density at radius 1 is 1.17 bits per heavy atom. The van der Waals surface area contributed by atoms with Crippen molar-refractivity contribution in [3.8, 4) is 10.8 Å². The van der Waals surface area contributed by atoms with E-state index in [1.165, 1.54) is 18.4 Å². The highest BCUT2D eigenvalue weighted by atomic mass is 32.1. The molecule has 152 valence electrons. The van der Waals surface area contributed by atoms with E-state index in [0.29, 0.717) is 18.5 Å². The fraction of sp³-hybridized carbons (Fsp3) is 0.364. The third-order valence-corrected chi connectivity index (χ3v) is 6.03. The number of rotatable bonds is 7. The number of guanidine groups is 1. The Morgan fingerprint density at radius 2 is 2.00 bits per heavy atom. The lowest BCUT2D eigenvalue weighted by molar-refractivity contribution is 0.245. The zero-order valence-electron chi connectivity index (χ0n) is 16.7. The fourth-order valence-electron chi connectivity index (χ4n) is 3.68. The van der Waals surface area contributed by atoms with Crippen molar-refractivity contribution in [3.05, 3.63) is 65.4 Å². The molecule has 0 spiro atoms. The van der Waals surface area contributed by atoms with E-state index in [1.54, 1.807) is 24.6 Å². The normalized spacial score (nSPS) is 16.1. The van der Waals surface area contributed by atoms with E-state index < -0.39 is 0 Å². The molecule has 1 atom stereocenters. The number of benzene rings is 1. The molecule has 0 aliphatic carbocycles. The Morgan fingerprint density at radius 3 is 2.72 bits per heavy atom. The summed E-state index contributed by atoms with van der Waals surface area (Å²) in [6.07, 6.45) is 4.25. The van der Waals surface area contributed by atoms with Crippen LogP contribution in [0.3, 0.4) is 0 Å². The molecule has 6 nitrogen and oxygen atoms in total. The summed E-state index contributed by atoms with van der Waals surface area (Å²) in [5, 5.41) is 8.85. The molecule has 29 heavy (non-hydrogen) atoms. The molecule has 1 aliphatic heterocycles. The van der Waals surface area contributed by atoms with Gasteiger partial charge in [0.25, 0.3) is 0 Å². The molecule has 0 radical (unpaired) electrons. The second-order valence-corrected chi connectivity index (χ2v) is 8.05. The maximum atomic E-state index is 5.59. The van der Waals surface area contributed by atoms with Gasteiger partial charge in [0.1, 0.15) is 6.26 Å². The number of nitrogens with one attached hydrogen (secondary N) is 2. The van der Waals surface area contributed by atoms with Crippen molar-refractivity contribution >= 4 is 17.3 Å². The average Bonchev–Trinajstić information content (AvgIpc) is 3.53. The fourth-order valence-corrected chi connectivity index (χ4v) is 4.33. The van der Waals surface area contributed by atoms with Gasteiger partial charge in [-0.15, -0.1) is 11.3 Å². The van der Waals surface area contributed by atoms with Crippen molar-refractivity contribution in [1.82, 2.24) is 20.5 Å². The summed E-state index contributed by atoms with van der Waals surface area (Å²) < 4.78 is 5.59. The predicted octanol–water partition coefficient (Wildman–Crippen LogP) is 3.91. The van der Waals surface area contributed by atoms with Crippen molar-refractivity contribution < 1.29 is 4.42 Å². The van der Waals surface area contributed by atoms with Crippen LogP contribution in [0.5, 0.6) is 0 Å². The first kappa shape index (κ1) is 19.7. The van der Waals surface area contributed by atoms with Crippen molar-refractivity contribution in [2.24, 2.45) is 4.99 Å². The molecule has 0 amide bonds. The average molecular weight is 410 g/mol. The Balaban J connectivity index is 1.34. The van der Waals surface area contributed by atoms with Gasteiger partial charge in [-0.05, 0) is 42.9 Å². The summed E-state index contributed by atoms with van der Waals surface area (Å²) in [5.41, 5.74) is 2.20. The zero-order chi connectivity index (χ0) is 19.9. The van der Waals surface area contributed by atoms with E-state index in [2.05, 4.69) is 55.8 Å². The molecule has 1 unspecified atom stereocenters. The number of thiophene rings is 1. The third-order valence-electron chi connectivity index (χ3n) is 5.17. The van der Waals surface area contributed by atoms with Gasteiger partial charge >= 0.3 is 0 Å². The first-order valence-electron chi connectivity index (χ1n) is 10.1. The summed E-state index contributed by atoms with van der Waals surface area (Å²) >= 11 is 1.62. The highest BCUT2D eigenvalue weighted by Gasteiger charge is 2.23. The predicted molar refractivity (Wildman–Crippen MR) is 118 cm³/mol. The lowest BCUT2D eigenvalue weighted by Gasteiger charge is -2.28. The van der Waals surface area contributed by atoms with E-state index in [1.807, 2.05) is 17.5 Å². The largest absolute Gasteiger partial charge is 0.443 e. The van der Waals surface area contributed by atoms with Gasteiger partial charge in [0, 0.05) is 13.6 Å². The molecule has 2 aromatic heterocycles. The number of aromatic nitrogens is 1. The zero-order valence-corrected chi connectivity index (χ0v) is 17.5. The topological polar surface area (TPSA) is 65.7 Å². The van der Waals surface area contributed by atoms with Crippen LogP contribution in [0, 0.1) is 0 Å². The second kappa shape index (κ2) is 9.71. The third kappa shape index (κ3) is 5.05. The lowest BCUT2D eigenvalue weighted by Crippen LogP contribution is -2.42. The Kier molecular flexibility index (Phi) is 6.59. The summed E-state index contributed by atoms with van der Waals surface area (Å²) in [4.78, 5) is 12.5. The lowest BCUT2D eigenvalue weighted by atomic mass is 10.1. The first-order chi connectivity index (χ1) is 14.3. The van der Waals surface area contributed by atoms with Gasteiger partial charge < -0.3 is 15.1 Å². The van der Waals surface area contributed by atoms with Gasteiger partial charge in [-0.1, -0.05) is 36.4 Å². The van der Waals surface area contributed by atoms with Crippen LogP contribution in [0.15, 0.2) is 63.5 Å². The number of nitrogens with zero attached hydrogens (tertiary/aromatic N) is 3. The molecule has 1 aliphatic rings. The molecule has 2 N–H and O–H groups in total. The maximum absolute atomic E-state index is 5.59. The van der Waals surface area contributed by atoms with Crippen molar-refractivity contribution in [3.63, 3.8) is 0 Å². The van der Waals surface area contributed by atoms with Crippen molar-refractivity contribution in [2.45, 2.75) is 25.4 Å². The number of oxazole rings is 1. The molecule has 1 saturated heterocycles. The van der Waals surface area contributed by atoms with E-state index >= 15 is 0 Å². The molecule has 0 saturated carbocycles. The molecular formula is C22H27N5OS. The number of aliphatic imine (C=N–C) groups is 1. The van der Waals surface area contributed by atoms with Gasteiger partial charge in [-0.3, -0.25) is 9.89 Å². The van der Waals surface area contributed by atoms with Crippen LogP contribution in [0.25, 0.3) is 10.8 Å². The minimum Gasteiger partial charge on any atom is -0.443 e. The maximum Gasteiger partial charge on any atom is 0.236 e. The van der Waals surface area contributed by atoms with Crippen LogP contribution >= 0.6 is 11.3 Å². The van der Waals surface area contributed by atoms with Crippen LogP contribution in [0.4, 0.5) is 0 Å². The second-order valence-electron chi connectivity index (χ2n) is 7.10. The van der Waals surface area contributed by atoms with E-state index in [-0.39, 0.29) is 0 Å².